The highest BCUT2D eigenvalue weighted by Gasteiger charge is 2.02. The van der Waals surface area contributed by atoms with Crippen LogP contribution in [0.15, 0.2) is 24.3 Å². The van der Waals surface area contributed by atoms with Gasteiger partial charge in [0.2, 0.25) is 0 Å². The van der Waals surface area contributed by atoms with Crippen LogP contribution >= 0.6 is 0 Å². The Bertz CT molecular complexity index is 320. The molecule has 0 saturated heterocycles. The Morgan fingerprint density at radius 1 is 1.17 bits per heavy atom. The van der Waals surface area contributed by atoms with Crippen molar-refractivity contribution >= 4 is 5.69 Å². The van der Waals surface area contributed by atoms with E-state index >= 15 is 0 Å². The van der Waals surface area contributed by atoms with Gasteiger partial charge in [0.05, 0.1) is 6.10 Å². The van der Waals surface area contributed by atoms with Gasteiger partial charge in [-0.05, 0) is 38.5 Å². The molecular weight excluding hydrogens is 224 g/mol. The number of anilines is 1. The maximum atomic E-state index is 5.20. The molecule has 3 heteroatoms. The van der Waals surface area contributed by atoms with Crippen molar-refractivity contribution < 1.29 is 4.74 Å². The molecule has 0 radical (unpaired) electrons. The van der Waals surface area contributed by atoms with Crippen LogP contribution in [0, 0.1) is 0 Å². The molecule has 0 fully saturated rings. The zero-order valence-corrected chi connectivity index (χ0v) is 12.1. The molecule has 0 amide bonds. The van der Waals surface area contributed by atoms with Crippen LogP contribution in [0.25, 0.3) is 0 Å². The topological polar surface area (TPSA) is 24.5 Å². The summed E-state index contributed by atoms with van der Waals surface area (Å²) in [5.41, 5.74) is 2.61. The minimum absolute atomic E-state index is 0.264. The molecule has 1 aromatic rings. The van der Waals surface area contributed by atoms with Gasteiger partial charge in [-0.15, -0.1) is 0 Å². The molecule has 3 nitrogen and oxygen atoms in total. The third-order valence-corrected chi connectivity index (χ3v) is 3.23. The van der Waals surface area contributed by atoms with Crippen molar-refractivity contribution in [2.45, 2.75) is 33.4 Å². The van der Waals surface area contributed by atoms with Crippen molar-refractivity contribution in [1.82, 2.24) is 5.32 Å². The van der Waals surface area contributed by atoms with Crippen molar-refractivity contribution in [1.29, 1.82) is 0 Å². The summed E-state index contributed by atoms with van der Waals surface area (Å²) in [6.07, 6.45) is 0.264. The average Bonchev–Trinajstić information content (AvgIpc) is 2.41. The monoisotopic (exact) mass is 250 g/mol. The fourth-order valence-corrected chi connectivity index (χ4v) is 1.92. The maximum absolute atomic E-state index is 5.20. The van der Waals surface area contributed by atoms with Crippen LogP contribution in [-0.4, -0.2) is 32.8 Å². The fraction of sp³-hybridized carbons (Fsp3) is 0.600. The van der Waals surface area contributed by atoms with Gasteiger partial charge < -0.3 is 15.0 Å². The van der Waals surface area contributed by atoms with E-state index in [4.69, 9.17) is 4.74 Å². The van der Waals surface area contributed by atoms with Gasteiger partial charge >= 0.3 is 0 Å². The molecule has 0 saturated carbocycles. The third kappa shape index (κ3) is 4.67. The summed E-state index contributed by atoms with van der Waals surface area (Å²) < 4.78 is 5.20. The first kappa shape index (κ1) is 15.0. The second-order valence-electron chi connectivity index (χ2n) is 4.52. The Labute approximate surface area is 111 Å². The van der Waals surface area contributed by atoms with Crippen molar-refractivity contribution in [3.05, 3.63) is 29.8 Å². The summed E-state index contributed by atoms with van der Waals surface area (Å²) in [6, 6.07) is 8.78. The van der Waals surface area contributed by atoms with Gasteiger partial charge in [-0.3, -0.25) is 0 Å². The number of ether oxygens (including phenoxy) is 1. The standard InChI is InChI=1S/C15H26N2O/c1-5-17(6-2)15-9-7-14(8-10-15)12-16-11-13(3)18-4/h7-10,13,16H,5-6,11-12H2,1-4H3. The molecule has 1 N–H and O–H groups in total. The van der Waals surface area contributed by atoms with E-state index in [-0.39, 0.29) is 6.10 Å². The Morgan fingerprint density at radius 3 is 2.28 bits per heavy atom. The number of methoxy groups -OCH3 is 1. The van der Waals surface area contributed by atoms with Crippen LogP contribution in [0.2, 0.25) is 0 Å². The predicted molar refractivity (Wildman–Crippen MR) is 78.2 cm³/mol. The molecule has 0 spiro atoms. The number of nitrogens with one attached hydrogen (secondary N) is 1. The lowest BCUT2D eigenvalue weighted by Crippen LogP contribution is -2.25. The minimum atomic E-state index is 0.264. The second-order valence-corrected chi connectivity index (χ2v) is 4.52. The highest BCUT2D eigenvalue weighted by Crippen LogP contribution is 2.14. The normalized spacial score (nSPS) is 12.4. The molecule has 1 atom stereocenters. The smallest absolute Gasteiger partial charge is 0.0667 e. The minimum Gasteiger partial charge on any atom is -0.380 e. The first-order chi connectivity index (χ1) is 8.71. The van der Waals surface area contributed by atoms with Crippen molar-refractivity contribution in [3.8, 4) is 0 Å². The van der Waals surface area contributed by atoms with Crippen LogP contribution in [0.3, 0.4) is 0 Å². The Hall–Kier alpha value is -1.06. The molecule has 1 aromatic carbocycles. The van der Waals surface area contributed by atoms with Gasteiger partial charge in [-0.2, -0.15) is 0 Å². The quantitative estimate of drug-likeness (QED) is 0.767. The zero-order valence-electron chi connectivity index (χ0n) is 12.1. The van der Waals surface area contributed by atoms with Crippen molar-refractivity contribution in [2.24, 2.45) is 0 Å². The predicted octanol–water partition coefficient (Wildman–Crippen LogP) is 2.66. The van der Waals surface area contributed by atoms with E-state index in [2.05, 4.69) is 55.3 Å². The first-order valence-electron chi connectivity index (χ1n) is 6.78. The molecule has 0 heterocycles. The lowest BCUT2D eigenvalue weighted by Gasteiger charge is -2.21. The molecule has 0 aromatic heterocycles. The van der Waals surface area contributed by atoms with Gasteiger partial charge in [-0.1, -0.05) is 12.1 Å². The molecule has 0 aliphatic rings. The van der Waals surface area contributed by atoms with Crippen LogP contribution < -0.4 is 10.2 Å². The highest BCUT2D eigenvalue weighted by molar-refractivity contribution is 5.47. The van der Waals surface area contributed by atoms with Crippen molar-refractivity contribution in [3.63, 3.8) is 0 Å². The van der Waals surface area contributed by atoms with Crippen LogP contribution in [0.4, 0.5) is 5.69 Å². The van der Waals surface area contributed by atoms with E-state index in [1.807, 2.05) is 0 Å². The van der Waals surface area contributed by atoms with E-state index in [1.54, 1.807) is 7.11 Å². The number of hydrogen-bond acceptors (Lipinski definition) is 3. The SMILES string of the molecule is CCN(CC)c1ccc(CNCC(C)OC)cc1. The molecular formula is C15H26N2O. The highest BCUT2D eigenvalue weighted by atomic mass is 16.5. The van der Waals surface area contributed by atoms with Crippen LogP contribution in [-0.2, 0) is 11.3 Å². The summed E-state index contributed by atoms with van der Waals surface area (Å²) in [5, 5.41) is 3.39. The summed E-state index contributed by atoms with van der Waals surface area (Å²) in [6.45, 7) is 10.3. The van der Waals surface area contributed by atoms with E-state index in [1.165, 1.54) is 11.3 Å². The van der Waals surface area contributed by atoms with Crippen LogP contribution in [0.5, 0.6) is 0 Å². The number of benzene rings is 1. The first-order valence-corrected chi connectivity index (χ1v) is 6.78. The van der Waals surface area contributed by atoms with E-state index in [0.29, 0.717) is 0 Å². The molecule has 102 valence electrons. The van der Waals surface area contributed by atoms with Crippen LogP contribution in [0.1, 0.15) is 26.3 Å². The Morgan fingerprint density at radius 2 is 1.78 bits per heavy atom. The zero-order chi connectivity index (χ0) is 13.4. The molecule has 0 aliphatic carbocycles. The Balaban J connectivity index is 2.45. The molecule has 0 aliphatic heterocycles. The molecule has 1 rings (SSSR count). The second kappa shape index (κ2) is 8.11. The fourth-order valence-electron chi connectivity index (χ4n) is 1.92. The number of rotatable bonds is 8. The van der Waals surface area contributed by atoms with Gasteiger partial charge in [0.1, 0.15) is 0 Å². The third-order valence-electron chi connectivity index (χ3n) is 3.23. The van der Waals surface area contributed by atoms with Gasteiger partial charge in [0.15, 0.2) is 0 Å². The number of nitrogens with zero attached hydrogens (tertiary/aromatic N) is 1. The molecule has 1 unspecified atom stereocenters. The average molecular weight is 250 g/mol. The van der Waals surface area contributed by atoms with E-state index < -0.39 is 0 Å². The Kier molecular flexibility index (Phi) is 6.76. The number of hydrogen-bond donors (Lipinski definition) is 1. The van der Waals surface area contributed by atoms with Gasteiger partial charge in [0, 0.05) is 39.0 Å². The van der Waals surface area contributed by atoms with Gasteiger partial charge in [-0.25, -0.2) is 0 Å². The van der Waals surface area contributed by atoms with E-state index in [0.717, 1.165) is 26.2 Å². The molecule has 18 heavy (non-hydrogen) atoms. The molecule has 0 bridgehead atoms. The summed E-state index contributed by atoms with van der Waals surface area (Å²) in [4.78, 5) is 2.35. The summed E-state index contributed by atoms with van der Waals surface area (Å²) >= 11 is 0. The lowest BCUT2D eigenvalue weighted by atomic mass is 10.2. The lowest BCUT2D eigenvalue weighted by molar-refractivity contribution is 0.117. The summed E-state index contributed by atoms with van der Waals surface area (Å²) in [7, 11) is 1.74. The van der Waals surface area contributed by atoms with Crippen molar-refractivity contribution in [2.75, 3.05) is 31.6 Å². The largest absolute Gasteiger partial charge is 0.380 e. The van der Waals surface area contributed by atoms with E-state index in [9.17, 15) is 0 Å². The van der Waals surface area contributed by atoms with Gasteiger partial charge in [0.25, 0.3) is 0 Å². The maximum Gasteiger partial charge on any atom is 0.0667 e. The summed E-state index contributed by atoms with van der Waals surface area (Å²) in [5.74, 6) is 0.